The van der Waals surface area contributed by atoms with Crippen LogP contribution in [0.4, 0.5) is 0 Å². The maximum Gasteiger partial charge on any atom is 0.322 e. The molecule has 0 aliphatic carbocycles. The van der Waals surface area contributed by atoms with Crippen molar-refractivity contribution in [3.63, 3.8) is 0 Å². The molecule has 1 saturated heterocycles. The summed E-state index contributed by atoms with van der Waals surface area (Å²) in [5.74, 6) is -0.622. The van der Waals surface area contributed by atoms with Crippen LogP contribution < -0.4 is 10.2 Å². The molecule has 0 saturated carbocycles. The molecular weight excluding hydrogens is 422 g/mol. The van der Waals surface area contributed by atoms with Crippen molar-refractivity contribution < 1.29 is 14.6 Å². The summed E-state index contributed by atoms with van der Waals surface area (Å²) in [6.45, 7) is 10.1. The number of aromatic nitrogens is 1. The summed E-state index contributed by atoms with van der Waals surface area (Å²) in [6.07, 6.45) is 5.46. The van der Waals surface area contributed by atoms with Crippen LogP contribution in [0.5, 0.6) is 11.5 Å². The van der Waals surface area contributed by atoms with E-state index in [4.69, 9.17) is 4.74 Å². The van der Waals surface area contributed by atoms with Gasteiger partial charge in [-0.15, -0.1) is 4.91 Å². The molecule has 3 heterocycles. The molecule has 1 unspecified atom stereocenters. The Balaban J connectivity index is 1.66. The Kier molecular flexibility index (Phi) is 6.38. The third-order valence-corrected chi connectivity index (χ3v) is 6.68. The van der Waals surface area contributed by atoms with E-state index >= 15 is 0 Å². The number of nitroso groups, excluding NO2 is 1. The minimum atomic E-state index is -1.07. The van der Waals surface area contributed by atoms with Gasteiger partial charge < -0.3 is 19.3 Å². The van der Waals surface area contributed by atoms with Gasteiger partial charge in [0.15, 0.2) is 16.9 Å². The van der Waals surface area contributed by atoms with Crippen molar-refractivity contribution in [1.82, 2.24) is 9.47 Å². The number of nitrogens with zero attached hydrogens (tertiary/aromatic N) is 3. The number of amides is 1. The number of aromatic hydroxyl groups is 1. The fourth-order valence-electron chi connectivity index (χ4n) is 4.87. The van der Waals surface area contributed by atoms with Crippen LogP contribution in [0.3, 0.4) is 0 Å². The van der Waals surface area contributed by atoms with E-state index in [2.05, 4.69) is 30.8 Å². The smallest absolute Gasteiger partial charge is 0.322 e. The van der Waals surface area contributed by atoms with Gasteiger partial charge in [0, 0.05) is 35.6 Å². The molecule has 4 rings (SSSR count). The molecule has 8 heteroatoms. The number of fused-ring (bicyclic) bond motifs is 3. The molecule has 33 heavy (non-hydrogen) atoms. The van der Waals surface area contributed by atoms with Gasteiger partial charge in [0.2, 0.25) is 0 Å². The number of hydrogen-bond donors (Lipinski definition) is 1. The van der Waals surface area contributed by atoms with E-state index in [9.17, 15) is 19.6 Å². The van der Waals surface area contributed by atoms with Gasteiger partial charge in [-0.2, -0.15) is 0 Å². The van der Waals surface area contributed by atoms with Crippen LogP contribution in [0.15, 0.2) is 34.4 Å². The highest BCUT2D eigenvalue weighted by Crippen LogP contribution is 2.45. The predicted molar refractivity (Wildman–Crippen MR) is 126 cm³/mol. The van der Waals surface area contributed by atoms with Crippen LogP contribution in [-0.2, 0) is 6.42 Å². The number of rotatable bonds is 6. The van der Waals surface area contributed by atoms with Gasteiger partial charge in [0.1, 0.15) is 5.56 Å². The number of carbonyl (C=O) groups is 1. The highest BCUT2D eigenvalue weighted by molar-refractivity contribution is 5.94. The lowest BCUT2D eigenvalue weighted by Crippen LogP contribution is -2.32. The molecule has 1 atom stereocenters. The Bertz CT molecular complexity index is 1130. The molecular formula is C25H31N3O5. The van der Waals surface area contributed by atoms with Crippen LogP contribution >= 0.6 is 0 Å². The molecule has 0 bridgehead atoms. The van der Waals surface area contributed by atoms with E-state index in [1.165, 1.54) is 25.1 Å². The number of carbonyl (C=O) groups excluding carboxylic acids is 1. The zero-order chi connectivity index (χ0) is 23.8. The van der Waals surface area contributed by atoms with Crippen LogP contribution in [0.1, 0.15) is 62.0 Å². The monoisotopic (exact) mass is 453 g/mol. The lowest BCUT2D eigenvalue weighted by molar-refractivity contribution is 0.0998. The summed E-state index contributed by atoms with van der Waals surface area (Å²) < 4.78 is 7.78. The third kappa shape index (κ3) is 4.71. The van der Waals surface area contributed by atoms with Crippen LogP contribution in [-0.4, -0.2) is 46.7 Å². The van der Waals surface area contributed by atoms with Crippen molar-refractivity contribution in [2.24, 2.45) is 10.6 Å². The lowest BCUT2D eigenvalue weighted by atomic mass is 9.78. The fraction of sp³-hybridized carbons (Fsp3) is 0.520. The zero-order valence-electron chi connectivity index (χ0n) is 19.5. The van der Waals surface area contributed by atoms with E-state index in [0.29, 0.717) is 30.0 Å². The highest BCUT2D eigenvalue weighted by atomic mass is 16.5. The largest absolute Gasteiger partial charge is 0.504 e. The Morgan fingerprint density at radius 1 is 1.21 bits per heavy atom. The first kappa shape index (κ1) is 23.2. The van der Waals surface area contributed by atoms with Gasteiger partial charge >= 0.3 is 5.91 Å². The molecule has 1 fully saturated rings. The molecule has 2 aromatic rings. The first-order valence-electron chi connectivity index (χ1n) is 11.5. The molecule has 0 spiro atoms. The van der Waals surface area contributed by atoms with Gasteiger partial charge in [0.25, 0.3) is 0 Å². The molecule has 0 radical (unpaired) electrons. The molecule has 1 amide bonds. The normalized spacial score (nSPS) is 18.0. The van der Waals surface area contributed by atoms with Crippen molar-refractivity contribution in [3.8, 4) is 22.8 Å². The van der Waals surface area contributed by atoms with Gasteiger partial charge in [-0.3, -0.25) is 9.59 Å². The average molecular weight is 454 g/mol. The quantitative estimate of drug-likeness (QED) is 0.521. The average Bonchev–Trinajstić information content (AvgIpc) is 3.28. The van der Waals surface area contributed by atoms with Crippen molar-refractivity contribution in [3.05, 3.63) is 50.7 Å². The third-order valence-electron chi connectivity index (χ3n) is 6.68. The summed E-state index contributed by atoms with van der Waals surface area (Å²) in [5, 5.41) is 13.1. The first-order valence-corrected chi connectivity index (χ1v) is 11.5. The van der Waals surface area contributed by atoms with E-state index in [-0.39, 0.29) is 22.8 Å². The maximum absolute atomic E-state index is 12.6. The van der Waals surface area contributed by atoms with Gasteiger partial charge in [0.05, 0.1) is 12.3 Å². The Morgan fingerprint density at radius 3 is 2.61 bits per heavy atom. The predicted octanol–water partition coefficient (Wildman–Crippen LogP) is 4.14. The number of phenolic OH excluding ortho intramolecular Hbond substituents is 1. The standard InChI is InChI=1S/C25H31N3O5/c1-25(2,3)23-12-16-11-22(33-10-6-9-27-7-4-5-8-27)21(30)13-17(16)19-14-20(29)18(15-28(19)23)24(31)26-32/h11,13-15,23,30H,4-10,12H2,1-3H3. The minimum absolute atomic E-state index is 0.0119. The second-order valence-corrected chi connectivity index (χ2v) is 10.1. The Labute approximate surface area is 193 Å². The summed E-state index contributed by atoms with van der Waals surface area (Å²) >= 11 is 0. The number of benzene rings is 1. The van der Waals surface area contributed by atoms with Gasteiger partial charge in [-0.1, -0.05) is 20.8 Å². The highest BCUT2D eigenvalue weighted by Gasteiger charge is 2.34. The number of pyridine rings is 1. The fourth-order valence-corrected chi connectivity index (χ4v) is 4.87. The van der Waals surface area contributed by atoms with E-state index < -0.39 is 11.3 Å². The van der Waals surface area contributed by atoms with Gasteiger partial charge in [-0.05, 0) is 61.9 Å². The van der Waals surface area contributed by atoms with Crippen LogP contribution in [0, 0.1) is 10.3 Å². The molecule has 1 N–H and O–H groups in total. The molecule has 2 aliphatic heterocycles. The molecule has 8 nitrogen and oxygen atoms in total. The second kappa shape index (κ2) is 9.09. The molecule has 1 aromatic heterocycles. The number of ether oxygens (including phenoxy) is 1. The summed E-state index contributed by atoms with van der Waals surface area (Å²) in [4.78, 5) is 37.6. The molecule has 2 aliphatic rings. The maximum atomic E-state index is 12.6. The summed E-state index contributed by atoms with van der Waals surface area (Å²) in [6, 6.07) is 4.76. The van der Waals surface area contributed by atoms with Crippen LogP contribution in [0.25, 0.3) is 11.3 Å². The van der Waals surface area contributed by atoms with E-state index in [1.54, 1.807) is 6.07 Å². The van der Waals surface area contributed by atoms with Crippen molar-refractivity contribution in [2.45, 2.75) is 52.5 Å². The number of likely N-dealkylation sites (tertiary alicyclic amines) is 1. The minimum Gasteiger partial charge on any atom is -0.504 e. The first-order chi connectivity index (χ1) is 15.7. The second-order valence-electron chi connectivity index (χ2n) is 10.1. The Hall–Kier alpha value is -3.00. The van der Waals surface area contributed by atoms with E-state index in [1.807, 2.05) is 10.6 Å². The molecule has 1 aromatic carbocycles. The summed E-state index contributed by atoms with van der Waals surface area (Å²) in [7, 11) is 0. The van der Waals surface area contributed by atoms with Gasteiger partial charge in [-0.25, -0.2) is 0 Å². The zero-order valence-corrected chi connectivity index (χ0v) is 19.5. The number of phenols is 1. The summed E-state index contributed by atoms with van der Waals surface area (Å²) in [5.41, 5.74) is 1.27. The van der Waals surface area contributed by atoms with E-state index in [0.717, 1.165) is 31.6 Å². The molecule has 176 valence electrons. The lowest BCUT2D eigenvalue weighted by Gasteiger charge is -2.39. The Morgan fingerprint density at radius 2 is 1.94 bits per heavy atom. The van der Waals surface area contributed by atoms with Crippen molar-refractivity contribution in [2.75, 3.05) is 26.2 Å². The van der Waals surface area contributed by atoms with Crippen molar-refractivity contribution in [1.29, 1.82) is 0 Å². The van der Waals surface area contributed by atoms with Crippen LogP contribution in [0.2, 0.25) is 0 Å². The SMILES string of the molecule is CC(C)(C)C1Cc2cc(OCCCN3CCCC3)c(O)cc2-c2cc(=O)c(C(=O)N=O)cn21. The topological polar surface area (TPSA) is 101 Å². The van der Waals surface area contributed by atoms with Crippen molar-refractivity contribution >= 4 is 5.91 Å². The number of hydrogen-bond acceptors (Lipinski definition) is 6.